The fourth-order valence-electron chi connectivity index (χ4n) is 6.39. The van der Waals surface area contributed by atoms with E-state index in [-0.39, 0.29) is 17.9 Å². The molecule has 2 N–H and O–H groups in total. The second-order valence-electron chi connectivity index (χ2n) is 11.3. The number of imide groups is 1. The van der Waals surface area contributed by atoms with Gasteiger partial charge in [-0.15, -0.1) is 10.2 Å². The van der Waals surface area contributed by atoms with E-state index >= 15 is 0 Å². The van der Waals surface area contributed by atoms with Gasteiger partial charge in [-0.05, 0) is 67.7 Å². The van der Waals surface area contributed by atoms with Gasteiger partial charge in [0.05, 0.1) is 0 Å². The number of hydrogen-bond acceptors (Lipinski definition) is 5. The van der Waals surface area contributed by atoms with Gasteiger partial charge in [-0.1, -0.05) is 27.2 Å². The third kappa shape index (κ3) is 4.56. The maximum Gasteiger partial charge on any atom is 0.325 e. The van der Waals surface area contributed by atoms with Crippen LogP contribution in [0.5, 0.6) is 0 Å². The highest BCUT2D eigenvalue weighted by molar-refractivity contribution is 6.10. The Kier molecular flexibility index (Phi) is 5.89. The zero-order valence-corrected chi connectivity index (χ0v) is 20.8. The van der Waals surface area contributed by atoms with Crippen LogP contribution in [0.25, 0.3) is 11.4 Å². The summed E-state index contributed by atoms with van der Waals surface area (Å²) in [6, 6.07) is 6.95. The van der Waals surface area contributed by atoms with Crippen LogP contribution in [0, 0.1) is 11.3 Å². The number of nitrogens with zero attached hydrogens (tertiary/aromatic N) is 4. The van der Waals surface area contributed by atoms with Crippen LogP contribution < -0.4 is 10.6 Å². The van der Waals surface area contributed by atoms with E-state index in [0.717, 1.165) is 54.3 Å². The number of benzene rings is 1. The van der Waals surface area contributed by atoms with Crippen LogP contribution >= 0.6 is 0 Å². The van der Waals surface area contributed by atoms with Crippen LogP contribution in [-0.4, -0.2) is 49.6 Å². The summed E-state index contributed by atoms with van der Waals surface area (Å²) >= 11 is 0. The lowest BCUT2D eigenvalue weighted by Crippen LogP contribution is -2.54. The highest BCUT2D eigenvalue weighted by Gasteiger charge is 2.56. The lowest BCUT2D eigenvalue weighted by molar-refractivity contribution is -0.136. The van der Waals surface area contributed by atoms with Gasteiger partial charge in [0.1, 0.15) is 17.9 Å². The Labute approximate surface area is 205 Å². The van der Waals surface area contributed by atoms with E-state index in [0.29, 0.717) is 24.4 Å². The Balaban J connectivity index is 1.24. The number of nitrogens with one attached hydrogen (secondary N) is 2. The van der Waals surface area contributed by atoms with Crippen molar-refractivity contribution in [2.75, 3.05) is 11.9 Å². The molecule has 1 aromatic heterocycles. The maximum absolute atomic E-state index is 13.3. The van der Waals surface area contributed by atoms with Crippen molar-refractivity contribution < 1.29 is 14.4 Å². The largest absolute Gasteiger partial charge is 0.325 e. The number of amides is 4. The van der Waals surface area contributed by atoms with E-state index < -0.39 is 17.5 Å². The molecule has 9 heteroatoms. The summed E-state index contributed by atoms with van der Waals surface area (Å²) in [4.78, 5) is 39.8. The summed E-state index contributed by atoms with van der Waals surface area (Å²) in [6.07, 6.45) is 6.59. The molecule has 2 fully saturated rings. The van der Waals surface area contributed by atoms with Crippen LogP contribution in [0.15, 0.2) is 24.3 Å². The third-order valence-electron chi connectivity index (χ3n) is 7.46. The van der Waals surface area contributed by atoms with Gasteiger partial charge in [0.15, 0.2) is 5.82 Å². The molecule has 2 aliphatic heterocycles. The van der Waals surface area contributed by atoms with Crippen LogP contribution in [0.4, 0.5) is 10.5 Å². The number of carbonyl (C=O) groups excluding carboxylic acids is 3. The Morgan fingerprint density at radius 1 is 1.11 bits per heavy atom. The number of urea groups is 1. The zero-order valence-electron chi connectivity index (χ0n) is 20.8. The molecule has 2 unspecified atom stereocenters. The molecule has 3 aliphatic rings. The molecule has 2 aromatic rings. The van der Waals surface area contributed by atoms with Crippen molar-refractivity contribution in [1.29, 1.82) is 0 Å². The summed E-state index contributed by atoms with van der Waals surface area (Å²) in [5, 5.41) is 14.5. The minimum Gasteiger partial charge on any atom is -0.325 e. The first-order valence-electron chi connectivity index (χ1n) is 12.6. The van der Waals surface area contributed by atoms with Crippen LogP contribution in [0.2, 0.25) is 0 Å². The van der Waals surface area contributed by atoms with Gasteiger partial charge in [-0.2, -0.15) is 0 Å². The van der Waals surface area contributed by atoms with E-state index in [4.69, 9.17) is 0 Å². The second-order valence-corrected chi connectivity index (χ2v) is 11.3. The van der Waals surface area contributed by atoms with E-state index in [1.165, 1.54) is 6.42 Å². The Morgan fingerprint density at radius 3 is 2.63 bits per heavy atom. The van der Waals surface area contributed by atoms with Gasteiger partial charge < -0.3 is 15.2 Å². The Bertz CT molecular complexity index is 1150. The summed E-state index contributed by atoms with van der Waals surface area (Å²) < 4.78 is 2.18. The zero-order chi connectivity index (χ0) is 24.8. The summed E-state index contributed by atoms with van der Waals surface area (Å²) in [6.45, 7) is 6.97. The average Bonchev–Trinajstić information content (AvgIpc) is 3.15. The molecule has 5 rings (SSSR count). The number of aryl methyl sites for hydroxylation is 1. The SMILES string of the molecule is CC1CC(C)(C)CC2(C1)NC(=O)N(CC(=O)Nc1ccc(-c3nnc4n3CCCCC4)cc1)C2=O. The quantitative estimate of drug-likeness (QED) is 0.651. The first-order valence-corrected chi connectivity index (χ1v) is 12.6. The summed E-state index contributed by atoms with van der Waals surface area (Å²) in [5.74, 6) is 1.49. The lowest BCUT2D eigenvalue weighted by atomic mass is 9.64. The second kappa shape index (κ2) is 8.77. The lowest BCUT2D eigenvalue weighted by Gasteiger charge is -2.43. The number of aromatic nitrogens is 3. The molecule has 0 radical (unpaired) electrons. The van der Waals surface area contributed by atoms with Gasteiger partial charge in [0.25, 0.3) is 5.91 Å². The number of anilines is 1. The van der Waals surface area contributed by atoms with Gasteiger partial charge in [-0.25, -0.2) is 4.79 Å². The Morgan fingerprint density at radius 2 is 1.89 bits per heavy atom. The maximum atomic E-state index is 13.3. The number of carbonyl (C=O) groups is 3. The van der Waals surface area contributed by atoms with Gasteiger partial charge in [0, 0.05) is 24.2 Å². The molecule has 1 spiro atoms. The standard InChI is InChI=1S/C26H34N6O3/c1-17-13-25(2,3)16-26(14-17)23(34)32(24(35)28-26)15-21(33)27-19-10-8-18(9-11-19)22-30-29-20-7-5-4-6-12-31(20)22/h8-11,17H,4-7,12-16H2,1-3H3,(H,27,33)(H,28,35). The molecule has 0 bridgehead atoms. The third-order valence-corrected chi connectivity index (χ3v) is 7.46. The topological polar surface area (TPSA) is 109 Å². The number of hydrogen-bond donors (Lipinski definition) is 2. The van der Waals surface area contributed by atoms with Gasteiger partial charge in [-0.3, -0.25) is 14.5 Å². The molecule has 1 saturated heterocycles. The molecule has 1 saturated carbocycles. The van der Waals surface area contributed by atoms with Crippen molar-refractivity contribution in [3.05, 3.63) is 30.1 Å². The fraction of sp³-hybridized carbons (Fsp3) is 0.577. The highest BCUT2D eigenvalue weighted by Crippen LogP contribution is 2.46. The van der Waals surface area contributed by atoms with Crippen LogP contribution in [0.3, 0.4) is 0 Å². The number of rotatable bonds is 4. The van der Waals surface area contributed by atoms with Crippen molar-refractivity contribution in [2.24, 2.45) is 11.3 Å². The van der Waals surface area contributed by atoms with Crippen molar-refractivity contribution in [3.8, 4) is 11.4 Å². The van der Waals surface area contributed by atoms with Gasteiger partial charge >= 0.3 is 6.03 Å². The fourth-order valence-corrected chi connectivity index (χ4v) is 6.39. The van der Waals surface area contributed by atoms with Crippen molar-refractivity contribution in [3.63, 3.8) is 0 Å². The van der Waals surface area contributed by atoms with E-state index in [2.05, 4.69) is 46.2 Å². The van der Waals surface area contributed by atoms with Crippen LogP contribution in [0.1, 0.15) is 65.1 Å². The normalized spacial score (nSPS) is 25.8. The number of fused-ring (bicyclic) bond motifs is 1. The molecular weight excluding hydrogens is 444 g/mol. The molecule has 9 nitrogen and oxygen atoms in total. The predicted molar refractivity (Wildman–Crippen MR) is 131 cm³/mol. The molecule has 3 heterocycles. The molecule has 4 amide bonds. The summed E-state index contributed by atoms with van der Waals surface area (Å²) in [5.41, 5.74) is 0.581. The van der Waals surface area contributed by atoms with Crippen molar-refractivity contribution >= 4 is 23.5 Å². The predicted octanol–water partition coefficient (Wildman–Crippen LogP) is 3.75. The van der Waals surface area contributed by atoms with E-state index in [1.54, 1.807) is 0 Å². The minimum atomic E-state index is -0.906. The van der Waals surface area contributed by atoms with Crippen molar-refractivity contribution in [1.82, 2.24) is 25.0 Å². The first kappa shape index (κ1) is 23.5. The Hall–Kier alpha value is -3.23. The van der Waals surface area contributed by atoms with E-state index in [9.17, 15) is 14.4 Å². The molecular formula is C26H34N6O3. The van der Waals surface area contributed by atoms with Crippen LogP contribution in [-0.2, 0) is 22.6 Å². The highest BCUT2D eigenvalue weighted by atomic mass is 16.2. The molecule has 1 aromatic carbocycles. The first-order chi connectivity index (χ1) is 16.7. The minimum absolute atomic E-state index is 0.0522. The van der Waals surface area contributed by atoms with E-state index in [1.807, 2.05) is 24.3 Å². The van der Waals surface area contributed by atoms with Crippen molar-refractivity contribution in [2.45, 2.75) is 77.8 Å². The molecule has 1 aliphatic carbocycles. The monoisotopic (exact) mass is 478 g/mol. The molecule has 35 heavy (non-hydrogen) atoms. The molecule has 186 valence electrons. The smallest absolute Gasteiger partial charge is 0.325 e. The summed E-state index contributed by atoms with van der Waals surface area (Å²) in [7, 11) is 0. The van der Waals surface area contributed by atoms with Gasteiger partial charge in [0.2, 0.25) is 5.91 Å². The average molecular weight is 479 g/mol. The molecule has 2 atom stereocenters.